The summed E-state index contributed by atoms with van der Waals surface area (Å²) < 4.78 is 10.7. The third-order valence-electron chi connectivity index (χ3n) is 3.89. The third-order valence-corrected chi connectivity index (χ3v) is 3.89. The quantitative estimate of drug-likeness (QED) is 0.817. The molecular formula is C15H24N2O2. The smallest absolute Gasteiger partial charge is 0.127 e. The van der Waals surface area contributed by atoms with Crippen molar-refractivity contribution >= 4 is 0 Å². The molecule has 0 radical (unpaired) electrons. The number of hydrogen-bond donors (Lipinski definition) is 1. The van der Waals surface area contributed by atoms with Gasteiger partial charge < -0.3 is 15.2 Å². The summed E-state index contributed by atoms with van der Waals surface area (Å²) in [6.07, 6.45) is 2.62. The number of benzene rings is 1. The van der Waals surface area contributed by atoms with E-state index >= 15 is 0 Å². The Labute approximate surface area is 115 Å². The molecule has 0 aliphatic heterocycles. The van der Waals surface area contributed by atoms with Crippen LogP contribution in [-0.4, -0.2) is 38.8 Å². The number of rotatable bonds is 7. The minimum atomic E-state index is 0.479. The number of nitrogens with two attached hydrogens (primary N) is 1. The maximum absolute atomic E-state index is 5.89. The molecule has 1 aromatic carbocycles. The third kappa shape index (κ3) is 3.39. The molecular weight excluding hydrogens is 240 g/mol. The van der Waals surface area contributed by atoms with Crippen LogP contribution in [0.3, 0.4) is 0 Å². The summed E-state index contributed by atoms with van der Waals surface area (Å²) in [7, 11) is 5.50. The maximum atomic E-state index is 5.89. The summed E-state index contributed by atoms with van der Waals surface area (Å²) in [5.74, 6) is 2.47. The molecule has 1 unspecified atom stereocenters. The Balaban J connectivity index is 2.08. The minimum absolute atomic E-state index is 0.479. The van der Waals surface area contributed by atoms with E-state index in [4.69, 9.17) is 15.2 Å². The number of likely N-dealkylation sites (N-methyl/N-ethyl adjacent to an activating group) is 1. The second-order valence-electron chi connectivity index (χ2n) is 5.23. The van der Waals surface area contributed by atoms with Crippen LogP contribution in [0.15, 0.2) is 18.2 Å². The summed E-state index contributed by atoms with van der Waals surface area (Å²) in [5.41, 5.74) is 7.06. The topological polar surface area (TPSA) is 47.7 Å². The number of ether oxygens (including phenoxy) is 2. The van der Waals surface area contributed by atoms with Crippen molar-refractivity contribution in [1.29, 1.82) is 0 Å². The normalized spacial score (nSPS) is 16.5. The number of nitrogens with zero attached hydrogens (tertiary/aromatic N) is 1. The Bertz CT molecular complexity index is 419. The Morgan fingerprint density at radius 3 is 2.58 bits per heavy atom. The van der Waals surface area contributed by atoms with Crippen LogP contribution in [0.25, 0.3) is 0 Å². The Morgan fingerprint density at radius 2 is 2.05 bits per heavy atom. The van der Waals surface area contributed by atoms with Crippen LogP contribution in [0.5, 0.6) is 11.5 Å². The van der Waals surface area contributed by atoms with Crippen molar-refractivity contribution in [2.75, 3.05) is 27.8 Å². The lowest BCUT2D eigenvalue weighted by Crippen LogP contribution is -2.39. The molecule has 0 amide bonds. The van der Waals surface area contributed by atoms with Gasteiger partial charge >= 0.3 is 0 Å². The van der Waals surface area contributed by atoms with Crippen molar-refractivity contribution < 1.29 is 9.47 Å². The molecule has 1 saturated carbocycles. The molecule has 0 bridgehead atoms. The molecule has 1 aromatic rings. The van der Waals surface area contributed by atoms with Crippen molar-refractivity contribution in [2.24, 2.45) is 11.7 Å². The van der Waals surface area contributed by atoms with Crippen LogP contribution >= 0.6 is 0 Å². The van der Waals surface area contributed by atoms with Gasteiger partial charge in [-0.2, -0.15) is 0 Å². The zero-order valence-corrected chi connectivity index (χ0v) is 12.1. The molecule has 2 rings (SSSR count). The Kier molecular flexibility index (Phi) is 4.66. The molecule has 0 spiro atoms. The van der Waals surface area contributed by atoms with Gasteiger partial charge in [0, 0.05) is 30.8 Å². The highest BCUT2D eigenvalue weighted by atomic mass is 16.5. The van der Waals surface area contributed by atoms with Gasteiger partial charge in [-0.15, -0.1) is 0 Å². The lowest BCUT2D eigenvalue weighted by Gasteiger charge is -2.27. The molecule has 1 fully saturated rings. The molecule has 106 valence electrons. The Morgan fingerprint density at radius 1 is 1.32 bits per heavy atom. The lowest BCUT2D eigenvalue weighted by molar-refractivity contribution is 0.213. The maximum Gasteiger partial charge on any atom is 0.127 e. The zero-order valence-electron chi connectivity index (χ0n) is 12.1. The first-order valence-corrected chi connectivity index (χ1v) is 6.80. The standard InChI is InChI=1S/C15H24N2O2/c1-17(14(9-16)11-4-5-11)10-12-6-7-13(18-2)8-15(12)19-3/h6-8,11,14H,4-5,9-10,16H2,1-3H3. The highest BCUT2D eigenvalue weighted by Crippen LogP contribution is 2.35. The molecule has 1 aliphatic carbocycles. The fourth-order valence-corrected chi connectivity index (χ4v) is 2.58. The fraction of sp³-hybridized carbons (Fsp3) is 0.600. The van der Waals surface area contributed by atoms with Gasteiger partial charge in [0.2, 0.25) is 0 Å². The largest absolute Gasteiger partial charge is 0.497 e. The Hall–Kier alpha value is -1.26. The van der Waals surface area contributed by atoms with Gasteiger partial charge in [0.1, 0.15) is 11.5 Å². The molecule has 1 aliphatic rings. The molecule has 19 heavy (non-hydrogen) atoms. The van der Waals surface area contributed by atoms with Gasteiger partial charge in [-0.1, -0.05) is 6.07 Å². The highest BCUT2D eigenvalue weighted by Gasteiger charge is 2.32. The van der Waals surface area contributed by atoms with E-state index in [-0.39, 0.29) is 0 Å². The van der Waals surface area contributed by atoms with E-state index < -0.39 is 0 Å². The van der Waals surface area contributed by atoms with Gasteiger partial charge in [-0.3, -0.25) is 4.90 Å². The van der Waals surface area contributed by atoms with Crippen LogP contribution in [0.4, 0.5) is 0 Å². The van der Waals surface area contributed by atoms with Crippen LogP contribution in [0.1, 0.15) is 18.4 Å². The van der Waals surface area contributed by atoms with Crippen molar-refractivity contribution in [1.82, 2.24) is 4.90 Å². The van der Waals surface area contributed by atoms with E-state index in [1.165, 1.54) is 18.4 Å². The molecule has 4 nitrogen and oxygen atoms in total. The summed E-state index contributed by atoms with van der Waals surface area (Å²) in [5, 5.41) is 0. The average molecular weight is 264 g/mol. The van der Waals surface area contributed by atoms with Crippen LogP contribution in [0, 0.1) is 5.92 Å². The van der Waals surface area contributed by atoms with E-state index in [2.05, 4.69) is 18.0 Å². The highest BCUT2D eigenvalue weighted by molar-refractivity contribution is 5.40. The predicted octanol–water partition coefficient (Wildman–Crippen LogP) is 1.87. The SMILES string of the molecule is COc1ccc(CN(C)C(CN)C2CC2)c(OC)c1. The molecule has 1 atom stereocenters. The van der Waals surface area contributed by atoms with Gasteiger partial charge in [0.15, 0.2) is 0 Å². The number of methoxy groups -OCH3 is 2. The average Bonchev–Trinajstić information content (AvgIpc) is 3.24. The summed E-state index contributed by atoms with van der Waals surface area (Å²) >= 11 is 0. The fourth-order valence-electron chi connectivity index (χ4n) is 2.58. The molecule has 0 aromatic heterocycles. The first-order chi connectivity index (χ1) is 9.19. The van der Waals surface area contributed by atoms with Crippen molar-refractivity contribution in [3.63, 3.8) is 0 Å². The number of hydrogen-bond acceptors (Lipinski definition) is 4. The predicted molar refractivity (Wildman–Crippen MR) is 76.6 cm³/mol. The van der Waals surface area contributed by atoms with Crippen molar-refractivity contribution in [3.8, 4) is 11.5 Å². The summed E-state index contributed by atoms with van der Waals surface area (Å²) in [6, 6.07) is 6.44. The molecule has 2 N–H and O–H groups in total. The van der Waals surface area contributed by atoms with Crippen LogP contribution < -0.4 is 15.2 Å². The summed E-state index contributed by atoms with van der Waals surface area (Å²) in [4.78, 5) is 2.34. The lowest BCUT2D eigenvalue weighted by atomic mass is 10.1. The first-order valence-electron chi connectivity index (χ1n) is 6.80. The van der Waals surface area contributed by atoms with E-state index in [1.807, 2.05) is 12.1 Å². The van der Waals surface area contributed by atoms with Crippen LogP contribution in [-0.2, 0) is 6.54 Å². The van der Waals surface area contributed by atoms with Gasteiger partial charge in [0.05, 0.1) is 14.2 Å². The van der Waals surface area contributed by atoms with Crippen molar-refractivity contribution in [3.05, 3.63) is 23.8 Å². The minimum Gasteiger partial charge on any atom is -0.497 e. The van der Waals surface area contributed by atoms with E-state index in [1.54, 1.807) is 14.2 Å². The second-order valence-corrected chi connectivity index (χ2v) is 5.23. The molecule has 0 saturated heterocycles. The van der Waals surface area contributed by atoms with E-state index in [9.17, 15) is 0 Å². The van der Waals surface area contributed by atoms with E-state index in [0.717, 1.165) is 30.5 Å². The van der Waals surface area contributed by atoms with E-state index in [0.29, 0.717) is 6.04 Å². The van der Waals surface area contributed by atoms with Gasteiger partial charge in [-0.25, -0.2) is 0 Å². The monoisotopic (exact) mass is 264 g/mol. The van der Waals surface area contributed by atoms with Crippen molar-refractivity contribution in [2.45, 2.75) is 25.4 Å². The summed E-state index contributed by atoms with van der Waals surface area (Å²) in [6.45, 7) is 1.57. The first kappa shape index (κ1) is 14.2. The second kappa shape index (κ2) is 6.26. The van der Waals surface area contributed by atoms with Gasteiger partial charge in [0.25, 0.3) is 0 Å². The molecule has 0 heterocycles. The zero-order chi connectivity index (χ0) is 13.8. The van der Waals surface area contributed by atoms with Gasteiger partial charge in [-0.05, 0) is 31.9 Å². The molecule has 4 heteroatoms. The van der Waals surface area contributed by atoms with Crippen LogP contribution in [0.2, 0.25) is 0 Å².